The van der Waals surface area contributed by atoms with E-state index in [2.05, 4.69) is 4.98 Å². The first-order chi connectivity index (χ1) is 9.16. The van der Waals surface area contributed by atoms with E-state index in [9.17, 15) is 9.18 Å². The first kappa shape index (κ1) is 11.6. The maximum absolute atomic E-state index is 13.0. The summed E-state index contributed by atoms with van der Waals surface area (Å²) in [5.41, 5.74) is 1.67. The van der Waals surface area contributed by atoms with Crippen LogP contribution in [0.5, 0.6) is 0 Å². The Bertz CT molecular complexity index is 806. The van der Waals surface area contributed by atoms with Gasteiger partial charge in [-0.3, -0.25) is 9.36 Å². The minimum atomic E-state index is -0.332. The fraction of sp³-hybridized carbons (Fsp3) is 0.0667. The maximum Gasteiger partial charge on any atom is 0.259 e. The Hall–Kier alpha value is -2.49. The molecule has 0 fully saturated rings. The lowest BCUT2D eigenvalue weighted by Gasteiger charge is -2.10. The molecule has 0 saturated heterocycles. The molecule has 0 aliphatic rings. The topological polar surface area (TPSA) is 34.9 Å². The average Bonchev–Trinajstić information content (AvgIpc) is 2.42. The van der Waals surface area contributed by atoms with Gasteiger partial charge in [0.25, 0.3) is 5.56 Å². The first-order valence-corrected chi connectivity index (χ1v) is 5.90. The second-order valence-corrected chi connectivity index (χ2v) is 4.36. The molecule has 94 valence electrons. The van der Waals surface area contributed by atoms with Crippen LogP contribution in [0.2, 0.25) is 0 Å². The quantitative estimate of drug-likeness (QED) is 0.669. The molecule has 3 rings (SSSR count). The van der Waals surface area contributed by atoms with E-state index >= 15 is 0 Å². The molecule has 0 saturated carbocycles. The Labute approximate surface area is 109 Å². The molecule has 0 unspecified atom stereocenters. The zero-order valence-corrected chi connectivity index (χ0v) is 10.3. The van der Waals surface area contributed by atoms with Crippen LogP contribution in [0.15, 0.2) is 53.5 Å². The number of aromatic nitrogens is 2. The lowest BCUT2D eigenvalue weighted by Crippen LogP contribution is -2.21. The van der Waals surface area contributed by atoms with Crippen molar-refractivity contribution in [3.63, 3.8) is 0 Å². The number of hydrogen-bond acceptors (Lipinski definition) is 2. The zero-order valence-electron chi connectivity index (χ0n) is 10.3. The lowest BCUT2D eigenvalue weighted by molar-refractivity contribution is 0.627. The third-order valence-corrected chi connectivity index (χ3v) is 3.03. The Morgan fingerprint density at radius 2 is 1.89 bits per heavy atom. The molecule has 0 aliphatic carbocycles. The molecule has 3 nitrogen and oxygen atoms in total. The van der Waals surface area contributed by atoms with Gasteiger partial charge in [-0.05, 0) is 49.4 Å². The van der Waals surface area contributed by atoms with Crippen LogP contribution < -0.4 is 5.56 Å². The van der Waals surface area contributed by atoms with E-state index < -0.39 is 0 Å². The minimum absolute atomic E-state index is 0.141. The Morgan fingerprint density at radius 1 is 1.16 bits per heavy atom. The predicted octanol–water partition coefficient (Wildman–Crippen LogP) is 2.83. The van der Waals surface area contributed by atoms with Gasteiger partial charge in [-0.2, -0.15) is 0 Å². The van der Waals surface area contributed by atoms with Crippen molar-refractivity contribution in [1.29, 1.82) is 0 Å². The van der Waals surface area contributed by atoms with Crippen molar-refractivity contribution in [2.75, 3.05) is 0 Å². The average molecular weight is 254 g/mol. The van der Waals surface area contributed by atoms with Gasteiger partial charge in [0.2, 0.25) is 0 Å². The van der Waals surface area contributed by atoms with E-state index in [1.165, 1.54) is 16.7 Å². The van der Waals surface area contributed by atoms with Crippen molar-refractivity contribution in [2.45, 2.75) is 6.92 Å². The molecule has 2 heterocycles. The van der Waals surface area contributed by atoms with E-state index in [-0.39, 0.29) is 11.4 Å². The van der Waals surface area contributed by atoms with Crippen molar-refractivity contribution < 1.29 is 4.39 Å². The number of fused-ring (bicyclic) bond motifs is 1. The van der Waals surface area contributed by atoms with Crippen molar-refractivity contribution in [2.24, 2.45) is 0 Å². The third-order valence-electron chi connectivity index (χ3n) is 3.03. The summed E-state index contributed by atoms with van der Waals surface area (Å²) in [6.07, 6.45) is 1.64. The van der Waals surface area contributed by atoms with E-state index in [0.29, 0.717) is 16.9 Å². The summed E-state index contributed by atoms with van der Waals surface area (Å²) in [5, 5.41) is 0.879. The van der Waals surface area contributed by atoms with Crippen LogP contribution in [-0.4, -0.2) is 9.55 Å². The molecule has 2 aromatic heterocycles. The highest BCUT2D eigenvalue weighted by atomic mass is 19.1. The fourth-order valence-corrected chi connectivity index (χ4v) is 2.11. The van der Waals surface area contributed by atoms with Crippen LogP contribution in [0.25, 0.3) is 16.7 Å². The number of benzene rings is 1. The second-order valence-electron chi connectivity index (χ2n) is 4.36. The van der Waals surface area contributed by atoms with E-state index in [1.54, 1.807) is 25.3 Å². The van der Waals surface area contributed by atoms with Gasteiger partial charge in [-0.25, -0.2) is 9.37 Å². The van der Waals surface area contributed by atoms with Gasteiger partial charge in [0.05, 0.1) is 5.69 Å². The highest BCUT2D eigenvalue weighted by molar-refractivity contribution is 5.77. The molecule has 0 amide bonds. The molecular weight excluding hydrogens is 243 g/mol. The van der Waals surface area contributed by atoms with Crippen LogP contribution >= 0.6 is 0 Å². The molecule has 0 aliphatic heterocycles. The Balaban J connectivity index is 2.42. The highest BCUT2D eigenvalue weighted by Gasteiger charge is 2.09. The summed E-state index contributed by atoms with van der Waals surface area (Å²) < 4.78 is 14.5. The minimum Gasteiger partial charge on any atom is -0.269 e. The zero-order chi connectivity index (χ0) is 13.4. The van der Waals surface area contributed by atoms with Crippen molar-refractivity contribution in [1.82, 2.24) is 9.55 Å². The smallest absolute Gasteiger partial charge is 0.259 e. The largest absolute Gasteiger partial charge is 0.269 e. The molecular formula is C15H11FN2O. The number of hydrogen-bond donors (Lipinski definition) is 0. The number of rotatable bonds is 1. The van der Waals surface area contributed by atoms with Crippen LogP contribution in [0, 0.1) is 12.7 Å². The SMILES string of the molecule is Cc1cc2cccnc2n(-c2ccc(F)cc2)c1=O. The Morgan fingerprint density at radius 3 is 2.63 bits per heavy atom. The van der Waals surface area contributed by atoms with Crippen molar-refractivity contribution >= 4 is 11.0 Å². The molecule has 0 bridgehead atoms. The molecule has 1 aromatic carbocycles. The molecule has 0 spiro atoms. The van der Waals surface area contributed by atoms with Gasteiger partial charge in [0.15, 0.2) is 0 Å². The van der Waals surface area contributed by atoms with Crippen LogP contribution in [0.3, 0.4) is 0 Å². The maximum atomic E-state index is 13.0. The summed E-state index contributed by atoms with van der Waals surface area (Å²) in [6.45, 7) is 1.76. The molecule has 3 aromatic rings. The summed E-state index contributed by atoms with van der Waals surface area (Å²) in [5.74, 6) is -0.332. The summed E-state index contributed by atoms with van der Waals surface area (Å²) >= 11 is 0. The van der Waals surface area contributed by atoms with Gasteiger partial charge >= 0.3 is 0 Å². The normalized spacial score (nSPS) is 10.8. The number of aryl methyl sites for hydroxylation is 1. The molecule has 19 heavy (non-hydrogen) atoms. The van der Waals surface area contributed by atoms with Crippen molar-refractivity contribution in [3.8, 4) is 5.69 Å². The summed E-state index contributed by atoms with van der Waals surface area (Å²) in [7, 11) is 0. The van der Waals surface area contributed by atoms with Crippen LogP contribution in [0.4, 0.5) is 4.39 Å². The molecule has 0 N–H and O–H groups in total. The predicted molar refractivity (Wildman–Crippen MR) is 72.0 cm³/mol. The van der Waals surface area contributed by atoms with Crippen LogP contribution in [0.1, 0.15) is 5.56 Å². The third kappa shape index (κ3) is 1.91. The van der Waals surface area contributed by atoms with Gasteiger partial charge < -0.3 is 0 Å². The molecule has 4 heteroatoms. The lowest BCUT2D eigenvalue weighted by atomic mass is 10.2. The van der Waals surface area contributed by atoms with Gasteiger partial charge in [0.1, 0.15) is 11.5 Å². The van der Waals surface area contributed by atoms with Gasteiger partial charge in [0, 0.05) is 17.1 Å². The van der Waals surface area contributed by atoms with E-state index in [0.717, 1.165) is 5.39 Å². The van der Waals surface area contributed by atoms with Crippen LogP contribution in [-0.2, 0) is 0 Å². The monoisotopic (exact) mass is 254 g/mol. The number of pyridine rings is 2. The molecule has 0 radical (unpaired) electrons. The van der Waals surface area contributed by atoms with Crippen molar-refractivity contribution in [3.05, 3.63) is 70.4 Å². The standard InChI is InChI=1S/C15H11FN2O/c1-10-9-11-3-2-8-17-14(11)18(15(10)19)13-6-4-12(16)5-7-13/h2-9H,1H3. The van der Waals surface area contributed by atoms with Gasteiger partial charge in [-0.15, -0.1) is 0 Å². The Kier molecular flexibility index (Phi) is 2.63. The van der Waals surface area contributed by atoms with E-state index in [4.69, 9.17) is 0 Å². The molecule has 0 atom stereocenters. The van der Waals surface area contributed by atoms with E-state index in [1.807, 2.05) is 18.2 Å². The second kappa shape index (κ2) is 4.31. The first-order valence-electron chi connectivity index (χ1n) is 5.90. The fourth-order valence-electron chi connectivity index (χ4n) is 2.11. The highest BCUT2D eigenvalue weighted by Crippen LogP contribution is 2.15. The summed E-state index contributed by atoms with van der Waals surface area (Å²) in [6, 6.07) is 11.3. The van der Waals surface area contributed by atoms with Gasteiger partial charge in [-0.1, -0.05) is 0 Å². The number of halogens is 1. The number of nitrogens with zero attached hydrogens (tertiary/aromatic N) is 2. The summed E-state index contributed by atoms with van der Waals surface area (Å²) in [4.78, 5) is 16.5.